The molecule has 1 saturated heterocycles. The van der Waals surface area contributed by atoms with Gasteiger partial charge in [0.1, 0.15) is 6.61 Å². The number of esters is 1. The lowest BCUT2D eigenvalue weighted by molar-refractivity contribution is -0.186. The summed E-state index contributed by atoms with van der Waals surface area (Å²) in [6.45, 7) is 6.90. The monoisotopic (exact) mass is 313 g/mol. The van der Waals surface area contributed by atoms with E-state index in [9.17, 15) is 15.0 Å². The lowest BCUT2D eigenvalue weighted by Gasteiger charge is -2.34. The van der Waals surface area contributed by atoms with E-state index < -0.39 is 23.8 Å². The zero-order valence-electron chi connectivity index (χ0n) is 13.8. The average molecular weight is 313 g/mol. The van der Waals surface area contributed by atoms with Crippen LogP contribution in [0, 0.1) is 5.92 Å². The first-order chi connectivity index (χ1) is 10.3. The first-order valence-corrected chi connectivity index (χ1v) is 7.85. The number of carbonyl (C=O) groups is 1. The van der Waals surface area contributed by atoms with Gasteiger partial charge in [0.2, 0.25) is 0 Å². The van der Waals surface area contributed by atoms with Crippen LogP contribution >= 0.6 is 0 Å². The van der Waals surface area contributed by atoms with E-state index in [1.54, 1.807) is 20.8 Å². The summed E-state index contributed by atoms with van der Waals surface area (Å²) in [5.41, 5.74) is -0.767. The van der Waals surface area contributed by atoms with Crippen molar-refractivity contribution >= 4 is 5.97 Å². The fourth-order valence-corrected chi connectivity index (χ4v) is 3.34. The fraction of sp³-hybridized carbons (Fsp3) is 0.812. The minimum absolute atomic E-state index is 0.0557. The second kappa shape index (κ2) is 6.66. The molecule has 2 heterocycles. The zero-order chi connectivity index (χ0) is 16.5. The Kier molecular flexibility index (Phi) is 5.27. The van der Waals surface area contributed by atoms with Gasteiger partial charge in [0, 0.05) is 20.2 Å². The summed E-state index contributed by atoms with van der Waals surface area (Å²) in [5.74, 6) is -1.01. The Hall–Kier alpha value is -0.950. The van der Waals surface area contributed by atoms with Gasteiger partial charge >= 0.3 is 5.97 Å². The van der Waals surface area contributed by atoms with E-state index in [0.717, 1.165) is 25.1 Å². The normalized spacial score (nSPS) is 29.1. The molecule has 3 unspecified atom stereocenters. The lowest BCUT2D eigenvalue weighted by atomic mass is 9.85. The number of aliphatic hydroxyl groups excluding tert-OH is 1. The Labute approximate surface area is 131 Å². The molecule has 0 aromatic heterocycles. The third-order valence-corrected chi connectivity index (χ3v) is 4.99. The van der Waals surface area contributed by atoms with Gasteiger partial charge in [0.25, 0.3) is 0 Å². The Bertz CT molecular complexity index is 450. The summed E-state index contributed by atoms with van der Waals surface area (Å²) in [6, 6.07) is -0.0557. The van der Waals surface area contributed by atoms with Crippen LogP contribution in [0.4, 0.5) is 0 Å². The number of hydrogen-bond acceptors (Lipinski definition) is 6. The second-order valence-corrected chi connectivity index (χ2v) is 6.51. The molecule has 2 rings (SSSR count). The Morgan fingerprint density at radius 3 is 2.77 bits per heavy atom. The molecule has 0 bridgehead atoms. The maximum absolute atomic E-state index is 12.4. The van der Waals surface area contributed by atoms with Crippen molar-refractivity contribution < 1.29 is 24.5 Å². The maximum atomic E-state index is 12.4. The van der Waals surface area contributed by atoms with Crippen LogP contribution in [0.3, 0.4) is 0 Å². The largest absolute Gasteiger partial charge is 0.459 e. The number of hydrogen-bond donors (Lipinski definition) is 2. The molecular formula is C16H27NO5. The van der Waals surface area contributed by atoms with Gasteiger partial charge in [0.05, 0.1) is 18.2 Å². The molecule has 126 valence electrons. The van der Waals surface area contributed by atoms with Crippen molar-refractivity contribution in [2.75, 3.05) is 26.8 Å². The summed E-state index contributed by atoms with van der Waals surface area (Å²) < 4.78 is 10.5. The van der Waals surface area contributed by atoms with Gasteiger partial charge < -0.3 is 19.7 Å². The molecule has 4 atom stereocenters. The molecule has 2 aliphatic heterocycles. The summed E-state index contributed by atoms with van der Waals surface area (Å²) in [5, 5.41) is 20.7. The maximum Gasteiger partial charge on any atom is 0.341 e. The van der Waals surface area contributed by atoms with Crippen LogP contribution in [-0.2, 0) is 14.3 Å². The van der Waals surface area contributed by atoms with Crippen LogP contribution in [0.15, 0.2) is 11.6 Å². The summed E-state index contributed by atoms with van der Waals surface area (Å²) in [4.78, 5) is 14.5. The Balaban J connectivity index is 2.00. The van der Waals surface area contributed by atoms with Gasteiger partial charge in [-0.15, -0.1) is 0 Å². The molecule has 6 nitrogen and oxygen atoms in total. The highest BCUT2D eigenvalue weighted by Crippen LogP contribution is 2.30. The van der Waals surface area contributed by atoms with E-state index in [2.05, 4.69) is 4.90 Å². The van der Waals surface area contributed by atoms with E-state index in [4.69, 9.17) is 9.47 Å². The van der Waals surface area contributed by atoms with E-state index in [-0.39, 0.29) is 18.6 Å². The fourth-order valence-electron chi connectivity index (χ4n) is 3.34. The number of ether oxygens (including phenoxy) is 2. The van der Waals surface area contributed by atoms with Crippen molar-refractivity contribution in [3.8, 4) is 0 Å². The minimum atomic E-state index is -1.68. The predicted molar refractivity (Wildman–Crippen MR) is 81.3 cm³/mol. The lowest BCUT2D eigenvalue weighted by Crippen LogP contribution is -2.54. The highest BCUT2D eigenvalue weighted by atomic mass is 16.6. The third kappa shape index (κ3) is 2.93. The predicted octanol–water partition coefficient (Wildman–Crippen LogP) is 0.327. The first kappa shape index (κ1) is 17.4. The SMILES string of the molecule is COC(C)C(O)(C(=O)OCC1=CCN2CCC(O)[C@@H]12)C(C)C. The average Bonchev–Trinajstić information content (AvgIpc) is 3.06. The molecular weight excluding hydrogens is 286 g/mol. The van der Waals surface area contributed by atoms with Crippen LogP contribution in [0.1, 0.15) is 27.2 Å². The zero-order valence-corrected chi connectivity index (χ0v) is 13.8. The molecule has 6 heteroatoms. The van der Waals surface area contributed by atoms with Crippen molar-refractivity contribution in [2.45, 2.75) is 51.0 Å². The quantitative estimate of drug-likeness (QED) is 0.543. The summed E-state index contributed by atoms with van der Waals surface area (Å²) >= 11 is 0. The number of nitrogens with zero attached hydrogens (tertiary/aromatic N) is 1. The highest BCUT2D eigenvalue weighted by molar-refractivity contribution is 5.80. The van der Waals surface area contributed by atoms with Crippen LogP contribution in [0.5, 0.6) is 0 Å². The molecule has 22 heavy (non-hydrogen) atoms. The van der Waals surface area contributed by atoms with Crippen molar-refractivity contribution in [2.24, 2.45) is 5.92 Å². The first-order valence-electron chi connectivity index (χ1n) is 7.85. The van der Waals surface area contributed by atoms with Crippen LogP contribution in [-0.4, -0.2) is 71.7 Å². The summed E-state index contributed by atoms with van der Waals surface area (Å²) in [6.07, 6.45) is 1.67. The molecule has 0 amide bonds. The van der Waals surface area contributed by atoms with E-state index in [1.807, 2.05) is 6.08 Å². The smallest absolute Gasteiger partial charge is 0.341 e. The number of fused-ring (bicyclic) bond motifs is 1. The Morgan fingerprint density at radius 1 is 1.50 bits per heavy atom. The van der Waals surface area contributed by atoms with Gasteiger partial charge in [-0.3, -0.25) is 4.90 Å². The number of methoxy groups -OCH3 is 1. The molecule has 2 N–H and O–H groups in total. The van der Waals surface area contributed by atoms with Crippen molar-refractivity contribution in [1.29, 1.82) is 0 Å². The van der Waals surface area contributed by atoms with Gasteiger partial charge in [-0.05, 0) is 24.8 Å². The molecule has 2 aliphatic rings. The van der Waals surface area contributed by atoms with E-state index >= 15 is 0 Å². The van der Waals surface area contributed by atoms with Gasteiger partial charge in [-0.2, -0.15) is 0 Å². The Morgan fingerprint density at radius 2 is 2.18 bits per heavy atom. The van der Waals surface area contributed by atoms with Crippen molar-refractivity contribution in [3.05, 3.63) is 11.6 Å². The second-order valence-electron chi connectivity index (χ2n) is 6.51. The molecule has 1 fully saturated rings. The minimum Gasteiger partial charge on any atom is -0.459 e. The van der Waals surface area contributed by atoms with Gasteiger partial charge in [-0.25, -0.2) is 4.79 Å². The molecule has 0 saturated carbocycles. The van der Waals surface area contributed by atoms with Crippen molar-refractivity contribution in [3.63, 3.8) is 0 Å². The van der Waals surface area contributed by atoms with Crippen LogP contribution < -0.4 is 0 Å². The van der Waals surface area contributed by atoms with E-state index in [1.165, 1.54) is 7.11 Å². The molecule has 0 aromatic rings. The third-order valence-electron chi connectivity index (χ3n) is 4.99. The number of carbonyl (C=O) groups excluding carboxylic acids is 1. The summed E-state index contributed by atoms with van der Waals surface area (Å²) in [7, 11) is 1.46. The topological polar surface area (TPSA) is 79.2 Å². The molecule has 0 spiro atoms. The number of rotatable bonds is 6. The number of aliphatic hydroxyl groups is 2. The van der Waals surface area contributed by atoms with Gasteiger partial charge in [-0.1, -0.05) is 19.9 Å². The standard InChI is InChI=1S/C16H27NO5/c1-10(2)16(20,11(3)21-4)15(19)22-9-12-5-7-17-8-6-13(18)14(12)17/h5,10-11,13-14,18,20H,6-9H2,1-4H3/t11?,13?,14-,16?/m1/s1. The van der Waals surface area contributed by atoms with Crippen LogP contribution in [0.2, 0.25) is 0 Å². The van der Waals surface area contributed by atoms with Crippen molar-refractivity contribution in [1.82, 2.24) is 4.90 Å². The molecule has 0 radical (unpaired) electrons. The van der Waals surface area contributed by atoms with Crippen LogP contribution in [0.25, 0.3) is 0 Å². The molecule has 0 aromatic carbocycles. The highest BCUT2D eigenvalue weighted by Gasteiger charge is 2.47. The van der Waals surface area contributed by atoms with Gasteiger partial charge in [0.15, 0.2) is 5.60 Å². The molecule has 0 aliphatic carbocycles. The van der Waals surface area contributed by atoms with E-state index in [0.29, 0.717) is 0 Å².